The van der Waals surface area contributed by atoms with E-state index in [0.29, 0.717) is 29.5 Å². The van der Waals surface area contributed by atoms with Crippen molar-refractivity contribution in [1.82, 2.24) is 19.6 Å². The molecule has 0 saturated carbocycles. The normalized spacial score (nSPS) is 11.0. The summed E-state index contributed by atoms with van der Waals surface area (Å²) in [5.74, 6) is 0.916. The molecule has 0 saturated heterocycles. The van der Waals surface area contributed by atoms with Gasteiger partial charge in [-0.3, -0.25) is 9.89 Å². The van der Waals surface area contributed by atoms with Crippen LogP contribution < -0.4 is 10.9 Å². The van der Waals surface area contributed by atoms with Gasteiger partial charge in [-0.05, 0) is 26.3 Å². The molecule has 21 heavy (non-hydrogen) atoms. The lowest BCUT2D eigenvalue weighted by Crippen LogP contribution is -2.19. The standard InChI is InChI=1S/C15H17N5O/c1-9-4-6-12(7-5-9)8-16-14-18-15-17-11(3)10(2)13(21)20(15)19-14/h4-7H,8H2,1-3H3,(H2,16,17,18,19). The summed E-state index contributed by atoms with van der Waals surface area (Å²) in [5, 5.41) is 6.10. The Hall–Kier alpha value is -2.63. The van der Waals surface area contributed by atoms with Crippen molar-refractivity contribution in [2.45, 2.75) is 27.3 Å². The number of benzene rings is 1. The van der Waals surface area contributed by atoms with Gasteiger partial charge in [-0.2, -0.15) is 9.50 Å². The molecule has 6 heteroatoms. The number of rotatable bonds is 3. The Morgan fingerprint density at radius 3 is 2.57 bits per heavy atom. The van der Waals surface area contributed by atoms with Gasteiger partial charge in [-0.25, -0.2) is 4.98 Å². The summed E-state index contributed by atoms with van der Waals surface area (Å²) in [4.78, 5) is 20.7. The summed E-state index contributed by atoms with van der Waals surface area (Å²) < 4.78 is 1.36. The molecule has 0 fully saturated rings. The number of fused-ring (bicyclic) bond motifs is 1. The van der Waals surface area contributed by atoms with E-state index in [1.807, 2.05) is 6.92 Å². The average Bonchev–Trinajstić information content (AvgIpc) is 2.87. The summed E-state index contributed by atoms with van der Waals surface area (Å²) in [6, 6.07) is 8.25. The van der Waals surface area contributed by atoms with Crippen molar-refractivity contribution in [2.75, 3.05) is 5.32 Å². The lowest BCUT2D eigenvalue weighted by atomic mass is 10.1. The first-order valence-corrected chi connectivity index (χ1v) is 6.80. The van der Waals surface area contributed by atoms with Gasteiger partial charge in [-0.1, -0.05) is 29.8 Å². The SMILES string of the molecule is Cc1ccc(CNc2nc3nc(C)c(C)c(=O)n3[nH]2)cc1. The molecule has 108 valence electrons. The first-order chi connectivity index (χ1) is 10.0. The van der Waals surface area contributed by atoms with Crippen molar-refractivity contribution in [1.29, 1.82) is 0 Å². The summed E-state index contributed by atoms with van der Waals surface area (Å²) in [7, 11) is 0. The maximum atomic E-state index is 12.1. The highest BCUT2D eigenvalue weighted by atomic mass is 16.1. The van der Waals surface area contributed by atoms with Gasteiger partial charge in [0.05, 0.1) is 0 Å². The number of aromatic nitrogens is 4. The Kier molecular flexibility index (Phi) is 3.21. The van der Waals surface area contributed by atoms with Crippen molar-refractivity contribution in [3.63, 3.8) is 0 Å². The van der Waals surface area contributed by atoms with Crippen LogP contribution in [0.5, 0.6) is 0 Å². The van der Waals surface area contributed by atoms with Crippen LogP contribution in [0.15, 0.2) is 29.1 Å². The highest BCUT2D eigenvalue weighted by Gasteiger charge is 2.09. The topological polar surface area (TPSA) is 75.1 Å². The molecular weight excluding hydrogens is 266 g/mol. The largest absolute Gasteiger partial charge is 0.351 e. The number of H-pyrrole nitrogens is 1. The Bertz CT molecular complexity index is 845. The van der Waals surface area contributed by atoms with Crippen LogP contribution in [-0.2, 0) is 6.54 Å². The molecule has 2 heterocycles. The van der Waals surface area contributed by atoms with Gasteiger partial charge in [0.25, 0.3) is 11.3 Å². The minimum atomic E-state index is -0.117. The van der Waals surface area contributed by atoms with Gasteiger partial charge < -0.3 is 5.32 Å². The van der Waals surface area contributed by atoms with Crippen LogP contribution in [0.2, 0.25) is 0 Å². The number of nitrogens with one attached hydrogen (secondary N) is 2. The molecule has 0 unspecified atom stereocenters. The van der Waals surface area contributed by atoms with Crippen LogP contribution in [0.4, 0.5) is 5.95 Å². The molecule has 0 amide bonds. The Balaban J connectivity index is 1.86. The van der Waals surface area contributed by atoms with Crippen LogP contribution in [0, 0.1) is 20.8 Å². The molecule has 0 aliphatic rings. The van der Waals surface area contributed by atoms with Crippen molar-refractivity contribution in [3.8, 4) is 0 Å². The fraction of sp³-hybridized carbons (Fsp3) is 0.267. The van der Waals surface area contributed by atoms with Crippen molar-refractivity contribution >= 4 is 11.7 Å². The third kappa shape index (κ3) is 2.52. The zero-order valence-electron chi connectivity index (χ0n) is 12.3. The predicted molar refractivity (Wildman–Crippen MR) is 81.6 cm³/mol. The second-order valence-corrected chi connectivity index (χ2v) is 5.17. The van der Waals surface area contributed by atoms with E-state index in [0.717, 1.165) is 5.56 Å². The molecule has 2 N–H and O–H groups in total. The molecule has 6 nitrogen and oxygen atoms in total. The maximum Gasteiger partial charge on any atom is 0.277 e. The third-order valence-corrected chi connectivity index (χ3v) is 3.54. The summed E-state index contributed by atoms with van der Waals surface area (Å²) in [6.07, 6.45) is 0. The molecule has 0 aliphatic heterocycles. The zero-order valence-corrected chi connectivity index (χ0v) is 12.3. The molecule has 3 rings (SSSR count). The second-order valence-electron chi connectivity index (χ2n) is 5.17. The molecule has 0 bridgehead atoms. The van der Waals surface area contributed by atoms with E-state index in [9.17, 15) is 4.79 Å². The average molecular weight is 283 g/mol. The fourth-order valence-electron chi connectivity index (χ4n) is 2.07. The summed E-state index contributed by atoms with van der Waals surface area (Å²) in [6.45, 7) is 6.26. The van der Waals surface area contributed by atoms with Crippen LogP contribution >= 0.6 is 0 Å². The molecule has 0 atom stereocenters. The zero-order chi connectivity index (χ0) is 15.0. The minimum absolute atomic E-state index is 0.117. The predicted octanol–water partition coefficient (Wildman–Crippen LogP) is 1.95. The van der Waals surface area contributed by atoms with Crippen molar-refractivity contribution in [2.24, 2.45) is 0 Å². The third-order valence-electron chi connectivity index (χ3n) is 3.54. The van der Waals surface area contributed by atoms with Crippen molar-refractivity contribution in [3.05, 3.63) is 57.0 Å². The Labute approximate surface area is 121 Å². The number of anilines is 1. The van der Waals surface area contributed by atoms with Gasteiger partial charge >= 0.3 is 0 Å². The molecule has 0 radical (unpaired) electrons. The van der Waals surface area contributed by atoms with E-state index in [1.54, 1.807) is 6.92 Å². The molecule has 1 aromatic carbocycles. The number of nitrogens with zero attached hydrogens (tertiary/aromatic N) is 3. The quantitative estimate of drug-likeness (QED) is 0.770. The van der Waals surface area contributed by atoms with Crippen molar-refractivity contribution < 1.29 is 0 Å². The van der Waals surface area contributed by atoms with Gasteiger partial charge in [0.1, 0.15) is 0 Å². The fourth-order valence-corrected chi connectivity index (χ4v) is 2.07. The van der Waals surface area contributed by atoms with E-state index in [2.05, 4.69) is 51.6 Å². The molecule has 0 spiro atoms. The molecule has 2 aromatic heterocycles. The van der Waals surface area contributed by atoms with Crippen LogP contribution in [0.3, 0.4) is 0 Å². The second kappa shape index (κ2) is 5.05. The van der Waals surface area contributed by atoms with Gasteiger partial charge in [0, 0.05) is 17.8 Å². The van der Waals surface area contributed by atoms with E-state index in [-0.39, 0.29) is 5.56 Å². The van der Waals surface area contributed by atoms with Gasteiger partial charge in [-0.15, -0.1) is 0 Å². The first kappa shape index (κ1) is 13.4. The first-order valence-electron chi connectivity index (χ1n) is 6.80. The lowest BCUT2D eigenvalue weighted by molar-refractivity contribution is 0.870. The molecule has 3 aromatic rings. The van der Waals surface area contributed by atoms with Crippen LogP contribution in [0.25, 0.3) is 5.78 Å². The molecular formula is C15H17N5O. The van der Waals surface area contributed by atoms with E-state index < -0.39 is 0 Å². The van der Waals surface area contributed by atoms with E-state index in [1.165, 1.54) is 10.1 Å². The van der Waals surface area contributed by atoms with Gasteiger partial charge in [0.15, 0.2) is 0 Å². The minimum Gasteiger partial charge on any atom is -0.351 e. The number of aryl methyl sites for hydroxylation is 2. The Morgan fingerprint density at radius 1 is 1.14 bits per heavy atom. The number of hydrogen-bond acceptors (Lipinski definition) is 4. The highest BCUT2D eigenvalue weighted by Crippen LogP contribution is 2.07. The highest BCUT2D eigenvalue weighted by molar-refractivity contribution is 5.39. The molecule has 0 aliphatic carbocycles. The lowest BCUT2D eigenvalue weighted by Gasteiger charge is -2.02. The van der Waals surface area contributed by atoms with Crippen LogP contribution in [0.1, 0.15) is 22.4 Å². The maximum absolute atomic E-state index is 12.1. The smallest absolute Gasteiger partial charge is 0.277 e. The van der Waals surface area contributed by atoms with Gasteiger partial charge in [0.2, 0.25) is 5.95 Å². The number of aromatic amines is 1. The summed E-state index contributed by atoms with van der Waals surface area (Å²) in [5.41, 5.74) is 3.59. The van der Waals surface area contributed by atoms with E-state index in [4.69, 9.17) is 0 Å². The number of hydrogen-bond donors (Lipinski definition) is 2. The monoisotopic (exact) mass is 283 g/mol. The van der Waals surface area contributed by atoms with Crippen LogP contribution in [-0.4, -0.2) is 19.6 Å². The van der Waals surface area contributed by atoms with E-state index >= 15 is 0 Å². The summed E-state index contributed by atoms with van der Waals surface area (Å²) >= 11 is 0. The Morgan fingerprint density at radius 2 is 1.86 bits per heavy atom.